The molecule has 1 aromatic carbocycles. The molecule has 0 radical (unpaired) electrons. The fourth-order valence-corrected chi connectivity index (χ4v) is 3.04. The first-order valence-corrected chi connectivity index (χ1v) is 8.46. The van der Waals surface area contributed by atoms with Crippen LogP contribution in [0, 0.1) is 11.3 Å². The number of ether oxygens (including phenoxy) is 2. The smallest absolute Gasteiger partial charge is 0.358 e. The normalized spacial score (nSPS) is 20.1. The molecule has 0 saturated heterocycles. The summed E-state index contributed by atoms with van der Waals surface area (Å²) in [6.45, 7) is 5.21. The Kier molecular flexibility index (Phi) is 4.72. The van der Waals surface area contributed by atoms with Gasteiger partial charge >= 0.3 is 5.97 Å². The average Bonchev–Trinajstić information content (AvgIpc) is 2.63. The molecule has 3 rings (SSSR count). The van der Waals surface area contributed by atoms with Crippen LogP contribution in [0.5, 0.6) is 5.75 Å². The van der Waals surface area contributed by atoms with Crippen molar-refractivity contribution in [3.05, 3.63) is 57.5 Å². The first-order chi connectivity index (χ1) is 12.8. The van der Waals surface area contributed by atoms with E-state index in [1.165, 1.54) is 12.1 Å². The summed E-state index contributed by atoms with van der Waals surface area (Å²) in [7, 11) is 0. The molecule has 27 heavy (non-hydrogen) atoms. The summed E-state index contributed by atoms with van der Waals surface area (Å²) >= 11 is 0. The van der Waals surface area contributed by atoms with Crippen LogP contribution in [0.2, 0.25) is 0 Å². The first kappa shape index (κ1) is 18.6. The van der Waals surface area contributed by atoms with Gasteiger partial charge in [0, 0.05) is 11.6 Å². The molecule has 1 aromatic heterocycles. The molecule has 140 valence electrons. The van der Waals surface area contributed by atoms with Gasteiger partial charge in [0.05, 0.1) is 18.2 Å². The second-order valence-electron chi connectivity index (χ2n) is 6.68. The SMILES string of the molecule is CCOC(=O)c1ccc(=O)n([C@@H]2c3cc(C#N)ccc3OC(C)(C)[C@H]2O)n1. The second kappa shape index (κ2) is 6.85. The lowest BCUT2D eigenvalue weighted by Gasteiger charge is -2.42. The summed E-state index contributed by atoms with van der Waals surface area (Å²) < 4.78 is 11.8. The Hall–Kier alpha value is -3.18. The molecule has 0 spiro atoms. The van der Waals surface area contributed by atoms with E-state index in [9.17, 15) is 20.0 Å². The van der Waals surface area contributed by atoms with E-state index in [2.05, 4.69) is 5.10 Å². The van der Waals surface area contributed by atoms with Crippen LogP contribution in [-0.2, 0) is 4.74 Å². The summed E-state index contributed by atoms with van der Waals surface area (Å²) in [5, 5.41) is 24.2. The molecule has 0 fully saturated rings. The highest BCUT2D eigenvalue weighted by atomic mass is 16.5. The highest BCUT2D eigenvalue weighted by Crippen LogP contribution is 2.41. The zero-order valence-corrected chi connectivity index (χ0v) is 15.2. The molecule has 0 unspecified atom stereocenters. The van der Waals surface area contributed by atoms with Gasteiger partial charge < -0.3 is 14.6 Å². The topological polar surface area (TPSA) is 114 Å². The lowest BCUT2D eigenvalue weighted by Crippen LogP contribution is -2.52. The molecule has 0 saturated carbocycles. The van der Waals surface area contributed by atoms with Crippen LogP contribution in [0.4, 0.5) is 0 Å². The van der Waals surface area contributed by atoms with E-state index >= 15 is 0 Å². The number of aliphatic hydroxyl groups excluding tert-OH is 1. The average molecular weight is 369 g/mol. The number of aromatic nitrogens is 2. The zero-order valence-electron chi connectivity index (χ0n) is 15.2. The number of nitriles is 1. The van der Waals surface area contributed by atoms with E-state index in [1.807, 2.05) is 6.07 Å². The van der Waals surface area contributed by atoms with Crippen molar-refractivity contribution in [2.45, 2.75) is 38.5 Å². The molecule has 1 aliphatic heterocycles. The Labute approximate surface area is 155 Å². The van der Waals surface area contributed by atoms with Gasteiger partial charge in [-0.2, -0.15) is 10.4 Å². The van der Waals surface area contributed by atoms with E-state index in [1.54, 1.807) is 39.0 Å². The van der Waals surface area contributed by atoms with E-state index < -0.39 is 29.3 Å². The predicted molar refractivity (Wildman–Crippen MR) is 94.5 cm³/mol. The van der Waals surface area contributed by atoms with Crippen molar-refractivity contribution in [3.8, 4) is 11.8 Å². The highest BCUT2D eigenvalue weighted by molar-refractivity contribution is 5.86. The van der Waals surface area contributed by atoms with Crippen LogP contribution in [0.15, 0.2) is 35.1 Å². The maximum absolute atomic E-state index is 12.5. The second-order valence-corrected chi connectivity index (χ2v) is 6.68. The molecule has 0 bridgehead atoms. The molecule has 2 atom stereocenters. The molecule has 1 aliphatic rings. The number of aliphatic hydroxyl groups is 1. The van der Waals surface area contributed by atoms with Crippen molar-refractivity contribution < 1.29 is 19.4 Å². The third-order valence-corrected chi connectivity index (χ3v) is 4.41. The number of benzene rings is 1. The monoisotopic (exact) mass is 369 g/mol. The Morgan fingerprint density at radius 2 is 2.15 bits per heavy atom. The lowest BCUT2D eigenvalue weighted by molar-refractivity contribution is -0.0667. The van der Waals surface area contributed by atoms with E-state index in [0.717, 1.165) is 4.68 Å². The fourth-order valence-electron chi connectivity index (χ4n) is 3.04. The number of esters is 1. The highest BCUT2D eigenvalue weighted by Gasteiger charge is 2.45. The number of hydrogen-bond acceptors (Lipinski definition) is 7. The van der Waals surface area contributed by atoms with Gasteiger partial charge in [0.1, 0.15) is 23.5 Å². The number of carbonyl (C=O) groups excluding carboxylic acids is 1. The van der Waals surface area contributed by atoms with Crippen molar-refractivity contribution in [2.24, 2.45) is 0 Å². The maximum atomic E-state index is 12.5. The van der Waals surface area contributed by atoms with Gasteiger partial charge in [0.2, 0.25) is 0 Å². The molecule has 0 aliphatic carbocycles. The summed E-state index contributed by atoms with van der Waals surface area (Å²) in [4.78, 5) is 24.5. The van der Waals surface area contributed by atoms with E-state index in [4.69, 9.17) is 9.47 Å². The molecule has 1 N–H and O–H groups in total. The van der Waals surface area contributed by atoms with Crippen LogP contribution < -0.4 is 10.3 Å². The number of carbonyl (C=O) groups is 1. The van der Waals surface area contributed by atoms with Gasteiger partial charge in [-0.25, -0.2) is 9.48 Å². The van der Waals surface area contributed by atoms with Crippen molar-refractivity contribution >= 4 is 5.97 Å². The fraction of sp³-hybridized carbons (Fsp3) is 0.368. The third kappa shape index (κ3) is 3.29. The molecule has 8 nitrogen and oxygen atoms in total. The van der Waals surface area contributed by atoms with Crippen LogP contribution in [0.3, 0.4) is 0 Å². The summed E-state index contributed by atoms with van der Waals surface area (Å²) in [5.74, 6) is -0.234. The molecule has 8 heteroatoms. The van der Waals surface area contributed by atoms with Gasteiger partial charge in [0.15, 0.2) is 5.69 Å². The van der Waals surface area contributed by atoms with Crippen LogP contribution in [0.25, 0.3) is 0 Å². The maximum Gasteiger partial charge on any atom is 0.358 e. The van der Waals surface area contributed by atoms with Crippen molar-refractivity contribution in [1.29, 1.82) is 5.26 Å². The minimum atomic E-state index is -1.15. The summed E-state index contributed by atoms with van der Waals surface area (Å²) in [6.07, 6.45) is -1.15. The third-order valence-electron chi connectivity index (χ3n) is 4.41. The van der Waals surface area contributed by atoms with Crippen molar-refractivity contribution in [3.63, 3.8) is 0 Å². The minimum Gasteiger partial charge on any atom is -0.485 e. The lowest BCUT2D eigenvalue weighted by atomic mass is 9.86. The molecule has 0 amide bonds. The van der Waals surface area contributed by atoms with Gasteiger partial charge in [-0.05, 0) is 45.0 Å². The first-order valence-electron chi connectivity index (χ1n) is 8.46. The Morgan fingerprint density at radius 3 is 2.81 bits per heavy atom. The van der Waals surface area contributed by atoms with E-state index in [0.29, 0.717) is 16.9 Å². The van der Waals surface area contributed by atoms with Crippen LogP contribution in [0.1, 0.15) is 48.4 Å². The van der Waals surface area contributed by atoms with E-state index in [-0.39, 0.29) is 12.3 Å². The van der Waals surface area contributed by atoms with Crippen molar-refractivity contribution in [1.82, 2.24) is 9.78 Å². The summed E-state index contributed by atoms with van der Waals surface area (Å²) in [6, 6.07) is 8.33. The predicted octanol–water partition coefficient (Wildman–Crippen LogP) is 1.41. The molecule has 2 aromatic rings. The molecular formula is C19H19N3O5. The van der Waals surface area contributed by atoms with Gasteiger partial charge in [0.25, 0.3) is 5.56 Å². The zero-order chi connectivity index (χ0) is 19.8. The van der Waals surface area contributed by atoms with Crippen molar-refractivity contribution in [2.75, 3.05) is 6.61 Å². The summed E-state index contributed by atoms with van der Waals surface area (Å²) in [5.41, 5.74) is -0.781. The van der Waals surface area contributed by atoms with Gasteiger partial charge in [-0.3, -0.25) is 4.79 Å². The molecular weight excluding hydrogens is 350 g/mol. The van der Waals surface area contributed by atoms with Crippen LogP contribution in [-0.4, -0.2) is 39.2 Å². The van der Waals surface area contributed by atoms with Gasteiger partial charge in [-0.15, -0.1) is 0 Å². The minimum absolute atomic E-state index is 0.0501. The van der Waals surface area contributed by atoms with Gasteiger partial charge in [-0.1, -0.05) is 0 Å². The Bertz CT molecular complexity index is 990. The quantitative estimate of drug-likeness (QED) is 0.814. The number of nitrogens with zero attached hydrogens (tertiary/aromatic N) is 3. The van der Waals surface area contributed by atoms with Crippen LogP contribution >= 0.6 is 0 Å². The number of rotatable bonds is 3. The Morgan fingerprint density at radius 1 is 1.41 bits per heavy atom. The number of hydrogen-bond donors (Lipinski definition) is 1. The largest absolute Gasteiger partial charge is 0.485 e. The standard InChI is InChI=1S/C19H19N3O5/c1-4-26-18(25)13-6-8-15(23)22(21-13)16-12-9-11(10-20)5-7-14(12)27-19(2,3)17(16)24/h5-9,16-17,24H,4H2,1-3H3/t16-,17+/m1/s1. The number of fused-ring (bicyclic) bond motifs is 1. The Balaban J connectivity index is 2.21. The molecule has 2 heterocycles.